The van der Waals surface area contributed by atoms with Gasteiger partial charge in [0.15, 0.2) is 4.96 Å². The van der Waals surface area contributed by atoms with Gasteiger partial charge < -0.3 is 10.4 Å². The lowest BCUT2D eigenvalue weighted by molar-refractivity contribution is -0.127. The average Bonchev–Trinajstić information content (AvgIpc) is 1.64. The smallest absolute Gasteiger partial charge is 0.221 e. The molecule has 0 atom stereocenters. The minimum Gasteiger partial charge on any atom is -0.412 e. The van der Waals surface area contributed by atoms with Crippen LogP contribution >= 0.6 is 23.2 Å². The van der Waals surface area contributed by atoms with Gasteiger partial charge in [-0.1, -0.05) is 23.2 Å². The van der Waals surface area contributed by atoms with Crippen molar-refractivity contribution in [3.05, 3.63) is 0 Å². The number of nitrogens with zero attached hydrogens (tertiary/aromatic N) is 1. The third-order valence-corrected chi connectivity index (χ3v) is 1.38. The van der Waals surface area contributed by atoms with Gasteiger partial charge in [-0.2, -0.15) is 0 Å². The summed E-state index contributed by atoms with van der Waals surface area (Å²) >= 11 is 10.6. The molecule has 0 heterocycles. The zero-order chi connectivity index (χ0) is 6.73. The maximum Gasteiger partial charge on any atom is 0.221 e. The number of carbonyl (C=O) groups excluding carboxylic acids is 1. The van der Waals surface area contributed by atoms with Crippen LogP contribution in [0.5, 0.6) is 0 Å². The zero-order valence-electron chi connectivity index (χ0n) is 5.19. The van der Waals surface area contributed by atoms with Crippen LogP contribution in [0.2, 0.25) is 0 Å². The van der Waals surface area contributed by atoms with E-state index in [0.717, 1.165) is 0 Å². The fourth-order valence-corrected chi connectivity index (χ4v) is 0.412. The minimum absolute atomic E-state index is 0. The van der Waals surface area contributed by atoms with E-state index in [1.165, 1.54) is 18.9 Å². The van der Waals surface area contributed by atoms with Gasteiger partial charge in [0.25, 0.3) is 0 Å². The highest BCUT2D eigenvalue weighted by Gasteiger charge is 2.08. The first-order chi connectivity index (χ1) is 3.55. The average molecular weight is 174 g/mol. The van der Waals surface area contributed by atoms with E-state index in [4.69, 9.17) is 23.2 Å². The molecule has 0 unspecified atom stereocenters. The lowest BCUT2D eigenvalue weighted by Crippen LogP contribution is -2.27. The topological polar surface area (TPSA) is 51.8 Å². The molecule has 0 aromatic rings. The molecule has 0 rings (SSSR count). The molecule has 1 amide bonds. The highest BCUT2D eigenvalue weighted by molar-refractivity contribution is 6.44. The summed E-state index contributed by atoms with van der Waals surface area (Å²) in [6.07, 6.45) is 0. The summed E-state index contributed by atoms with van der Waals surface area (Å²) in [4.78, 5) is 10.8. The molecule has 0 saturated carbocycles. The number of rotatable bonds is 1. The molecule has 0 saturated heterocycles. The van der Waals surface area contributed by atoms with E-state index in [-0.39, 0.29) is 11.4 Å². The van der Waals surface area contributed by atoms with Gasteiger partial charge in [0.2, 0.25) is 5.91 Å². The number of carbonyl (C=O) groups is 1. The van der Waals surface area contributed by atoms with Crippen molar-refractivity contribution in [2.24, 2.45) is 0 Å². The molecule has 0 aliphatic carbocycles. The van der Waals surface area contributed by atoms with Gasteiger partial charge in [0, 0.05) is 14.0 Å². The first-order valence-electron chi connectivity index (χ1n) is 2.07. The SMILES string of the molecule is CC(=O)N(C)C(Cl)Cl.O. The maximum absolute atomic E-state index is 10.3. The Labute approximate surface area is 63.8 Å². The number of hydrogen-bond acceptors (Lipinski definition) is 1. The monoisotopic (exact) mass is 173 g/mol. The molecule has 9 heavy (non-hydrogen) atoms. The van der Waals surface area contributed by atoms with Crippen LogP contribution in [-0.4, -0.2) is 28.3 Å². The molecule has 2 N–H and O–H groups in total. The molecule has 0 aromatic carbocycles. The summed E-state index contributed by atoms with van der Waals surface area (Å²) in [5.74, 6) is -0.139. The van der Waals surface area contributed by atoms with E-state index in [1.807, 2.05) is 0 Å². The Bertz CT molecular complexity index is 96.6. The van der Waals surface area contributed by atoms with Crippen molar-refractivity contribution < 1.29 is 10.3 Å². The Morgan fingerprint density at radius 2 is 1.89 bits per heavy atom. The summed E-state index contributed by atoms with van der Waals surface area (Å²) in [6, 6.07) is 0. The highest BCUT2D eigenvalue weighted by Crippen LogP contribution is 2.05. The van der Waals surface area contributed by atoms with E-state index >= 15 is 0 Å². The molecule has 5 heteroatoms. The van der Waals surface area contributed by atoms with Crippen molar-refractivity contribution in [1.82, 2.24) is 4.90 Å². The third kappa shape index (κ3) is 4.51. The predicted molar refractivity (Wildman–Crippen MR) is 37.6 cm³/mol. The van der Waals surface area contributed by atoms with Crippen molar-refractivity contribution in [2.45, 2.75) is 11.9 Å². The summed E-state index contributed by atoms with van der Waals surface area (Å²) in [7, 11) is 1.53. The lowest BCUT2D eigenvalue weighted by Gasteiger charge is -2.14. The molecule has 0 fully saturated rings. The van der Waals surface area contributed by atoms with Crippen LogP contribution in [0.4, 0.5) is 0 Å². The summed E-state index contributed by atoms with van der Waals surface area (Å²) < 4.78 is 0. The second-order valence-electron chi connectivity index (χ2n) is 1.41. The first-order valence-corrected chi connectivity index (χ1v) is 2.94. The van der Waals surface area contributed by atoms with Gasteiger partial charge in [-0.25, -0.2) is 0 Å². The van der Waals surface area contributed by atoms with Crippen LogP contribution in [0.1, 0.15) is 6.92 Å². The van der Waals surface area contributed by atoms with Crippen LogP contribution in [0.15, 0.2) is 0 Å². The van der Waals surface area contributed by atoms with Gasteiger partial charge >= 0.3 is 0 Å². The number of halogens is 2. The van der Waals surface area contributed by atoms with Gasteiger partial charge in [0.05, 0.1) is 0 Å². The van der Waals surface area contributed by atoms with E-state index in [9.17, 15) is 4.79 Å². The van der Waals surface area contributed by atoms with Crippen molar-refractivity contribution in [1.29, 1.82) is 0 Å². The van der Waals surface area contributed by atoms with E-state index in [1.54, 1.807) is 0 Å². The fourth-order valence-electron chi connectivity index (χ4n) is 0.137. The Kier molecular flexibility index (Phi) is 6.34. The van der Waals surface area contributed by atoms with Crippen LogP contribution in [0, 0.1) is 0 Å². The van der Waals surface area contributed by atoms with Crippen LogP contribution in [0.25, 0.3) is 0 Å². The van der Waals surface area contributed by atoms with Crippen LogP contribution in [-0.2, 0) is 4.79 Å². The van der Waals surface area contributed by atoms with Crippen molar-refractivity contribution in [2.75, 3.05) is 7.05 Å². The maximum atomic E-state index is 10.3. The zero-order valence-corrected chi connectivity index (χ0v) is 6.70. The second-order valence-corrected chi connectivity index (χ2v) is 2.46. The van der Waals surface area contributed by atoms with Crippen LogP contribution in [0.3, 0.4) is 0 Å². The van der Waals surface area contributed by atoms with E-state index in [2.05, 4.69) is 0 Å². The fraction of sp³-hybridized carbons (Fsp3) is 0.750. The molecule has 0 aliphatic rings. The normalized spacial score (nSPS) is 8.56. The van der Waals surface area contributed by atoms with Gasteiger partial charge in [-0.3, -0.25) is 4.79 Å². The molecule has 0 aromatic heterocycles. The number of hydrogen-bond donors (Lipinski definition) is 0. The molecular formula is C4H9Cl2NO2. The Morgan fingerprint density at radius 3 is 1.89 bits per heavy atom. The number of amides is 1. The largest absolute Gasteiger partial charge is 0.412 e. The Balaban J connectivity index is 0. The van der Waals surface area contributed by atoms with Crippen molar-refractivity contribution >= 4 is 29.1 Å². The minimum atomic E-state index is -0.729. The first kappa shape index (κ1) is 11.8. The molecular weight excluding hydrogens is 165 g/mol. The van der Waals surface area contributed by atoms with Gasteiger partial charge in [-0.05, 0) is 0 Å². The summed E-state index contributed by atoms with van der Waals surface area (Å²) in [5, 5.41) is 0. The quantitative estimate of drug-likeness (QED) is 0.419. The molecule has 0 spiro atoms. The van der Waals surface area contributed by atoms with Crippen molar-refractivity contribution in [3.63, 3.8) is 0 Å². The van der Waals surface area contributed by atoms with Crippen LogP contribution < -0.4 is 0 Å². The standard InChI is InChI=1S/C4H7Cl2NO.H2O/c1-3(8)7(2)4(5)6;/h4H,1-2H3;1H2. The molecule has 56 valence electrons. The highest BCUT2D eigenvalue weighted by atomic mass is 35.5. The summed E-state index contributed by atoms with van der Waals surface area (Å²) in [6.45, 7) is 1.40. The van der Waals surface area contributed by atoms with Gasteiger partial charge in [0.1, 0.15) is 0 Å². The molecule has 0 bridgehead atoms. The molecule has 3 nitrogen and oxygen atoms in total. The van der Waals surface area contributed by atoms with Crippen molar-refractivity contribution in [3.8, 4) is 0 Å². The Morgan fingerprint density at radius 1 is 1.56 bits per heavy atom. The Hall–Kier alpha value is 0.01000. The third-order valence-electron chi connectivity index (χ3n) is 0.789. The lowest BCUT2D eigenvalue weighted by atomic mass is 10.6. The van der Waals surface area contributed by atoms with Gasteiger partial charge in [-0.15, -0.1) is 0 Å². The summed E-state index contributed by atoms with van der Waals surface area (Å²) in [5.41, 5.74) is 0. The molecule has 0 aliphatic heterocycles. The second kappa shape index (κ2) is 4.85. The van der Waals surface area contributed by atoms with E-state index in [0.29, 0.717) is 0 Å². The number of alkyl halides is 2. The van der Waals surface area contributed by atoms with E-state index < -0.39 is 4.96 Å². The molecule has 0 radical (unpaired) electrons. The predicted octanol–water partition coefficient (Wildman–Crippen LogP) is 0.401.